The maximum absolute atomic E-state index is 12.7. The molecule has 0 radical (unpaired) electrons. The first-order chi connectivity index (χ1) is 11.7. The third-order valence-corrected chi connectivity index (χ3v) is 7.94. The summed E-state index contributed by atoms with van der Waals surface area (Å²) >= 11 is 0. The summed E-state index contributed by atoms with van der Waals surface area (Å²) in [5.41, 5.74) is -0.561. The minimum atomic E-state index is -0.830. The predicted octanol–water partition coefficient (Wildman–Crippen LogP) is 3.45. The van der Waals surface area contributed by atoms with Gasteiger partial charge in [0.05, 0.1) is 13.0 Å². The third kappa shape index (κ3) is 2.80. The number of carboxylic acid groups (broad SMARTS) is 1. The second-order valence-corrected chi connectivity index (χ2v) is 8.85. The summed E-state index contributed by atoms with van der Waals surface area (Å²) in [7, 11) is 1.47. The fraction of sp³-hybridized carbons (Fsp3) is 0.850. The molecule has 0 aliphatic heterocycles. The molecule has 3 rings (SSSR count). The van der Waals surface area contributed by atoms with Crippen molar-refractivity contribution in [2.45, 2.75) is 65.2 Å². The van der Waals surface area contributed by atoms with Gasteiger partial charge in [0.2, 0.25) is 0 Å². The summed E-state index contributed by atoms with van der Waals surface area (Å²) in [6, 6.07) is 0. The van der Waals surface area contributed by atoms with Crippen LogP contribution in [0.15, 0.2) is 0 Å². The summed E-state index contributed by atoms with van der Waals surface area (Å²) < 4.78 is 5.05. The number of hydrogen-bond donors (Lipinski definition) is 1. The molecule has 0 aromatic rings. The van der Waals surface area contributed by atoms with Gasteiger partial charge >= 0.3 is 11.9 Å². The van der Waals surface area contributed by atoms with Crippen LogP contribution in [-0.4, -0.2) is 29.9 Å². The third-order valence-electron chi connectivity index (χ3n) is 7.94. The van der Waals surface area contributed by atoms with Gasteiger partial charge in [-0.25, -0.2) is 0 Å². The number of aliphatic carboxylic acids is 1. The highest BCUT2D eigenvalue weighted by atomic mass is 16.5. The molecule has 0 spiro atoms. The lowest BCUT2D eigenvalue weighted by Crippen LogP contribution is -2.53. The Labute approximate surface area is 149 Å². The van der Waals surface area contributed by atoms with E-state index < -0.39 is 11.4 Å². The highest BCUT2D eigenvalue weighted by Crippen LogP contribution is 2.64. The van der Waals surface area contributed by atoms with Crippen LogP contribution >= 0.6 is 0 Å². The van der Waals surface area contributed by atoms with Gasteiger partial charge in [-0.05, 0) is 61.7 Å². The van der Waals surface area contributed by atoms with Crippen molar-refractivity contribution in [2.75, 3.05) is 7.11 Å². The molecular formula is C20H30O5. The van der Waals surface area contributed by atoms with Crippen molar-refractivity contribution in [3.63, 3.8) is 0 Å². The van der Waals surface area contributed by atoms with Gasteiger partial charge in [-0.3, -0.25) is 14.4 Å². The molecule has 3 fully saturated rings. The molecule has 5 heteroatoms. The second-order valence-electron chi connectivity index (χ2n) is 8.85. The Kier molecular flexibility index (Phi) is 4.71. The number of Topliss-reactive ketones (excluding diaryl/α,β-unsaturated/α-hetero) is 1. The molecule has 3 aliphatic carbocycles. The van der Waals surface area contributed by atoms with Gasteiger partial charge in [0.25, 0.3) is 0 Å². The number of carbonyl (C=O) groups is 3. The van der Waals surface area contributed by atoms with Crippen molar-refractivity contribution in [1.82, 2.24) is 0 Å². The van der Waals surface area contributed by atoms with Gasteiger partial charge < -0.3 is 9.84 Å². The molecule has 3 aliphatic rings. The second kappa shape index (κ2) is 6.40. The highest BCUT2D eigenvalue weighted by molar-refractivity contribution is 5.86. The first-order valence-electron chi connectivity index (χ1n) is 9.57. The number of carboxylic acids is 1. The van der Waals surface area contributed by atoms with Crippen molar-refractivity contribution in [3.05, 3.63) is 0 Å². The van der Waals surface area contributed by atoms with E-state index in [2.05, 4.69) is 6.92 Å². The van der Waals surface area contributed by atoms with E-state index in [1.807, 2.05) is 6.92 Å². The molecular weight excluding hydrogens is 320 g/mol. The van der Waals surface area contributed by atoms with Crippen LogP contribution in [0.2, 0.25) is 0 Å². The standard InChI is InChI=1S/C20H30O5/c1-19-10-8-14-12(13(19)5-6-15(19)18(24)25-3)4-7-16(21)20(14,2)11-9-17(22)23/h12-15H,4-11H2,1-3H3,(H,22,23)/t12-,13-,14-,15-,19-,20+/m0/s1. The first kappa shape index (κ1) is 18.4. The Bertz CT molecular complexity index is 585. The Hall–Kier alpha value is -1.39. The normalized spacial score (nSPS) is 43.2. The average Bonchev–Trinajstić information content (AvgIpc) is 2.93. The number of rotatable bonds is 4. The maximum atomic E-state index is 12.7. The number of carbonyl (C=O) groups excluding carboxylic acids is 2. The average molecular weight is 350 g/mol. The predicted molar refractivity (Wildman–Crippen MR) is 91.8 cm³/mol. The zero-order valence-electron chi connectivity index (χ0n) is 15.5. The Morgan fingerprint density at radius 2 is 1.88 bits per heavy atom. The minimum absolute atomic E-state index is 0.0358. The van der Waals surface area contributed by atoms with Crippen molar-refractivity contribution in [2.24, 2.45) is 34.5 Å². The Morgan fingerprint density at radius 1 is 1.16 bits per heavy atom. The number of esters is 1. The molecule has 1 N–H and O–H groups in total. The number of hydrogen-bond acceptors (Lipinski definition) is 4. The molecule has 0 unspecified atom stereocenters. The molecule has 6 atom stereocenters. The lowest BCUT2D eigenvalue weighted by atomic mass is 9.48. The highest BCUT2D eigenvalue weighted by Gasteiger charge is 2.60. The summed E-state index contributed by atoms with van der Waals surface area (Å²) in [5, 5.41) is 9.09. The van der Waals surface area contributed by atoms with E-state index in [-0.39, 0.29) is 35.4 Å². The first-order valence-corrected chi connectivity index (χ1v) is 9.57. The van der Waals surface area contributed by atoms with Crippen molar-refractivity contribution < 1.29 is 24.2 Å². The van der Waals surface area contributed by atoms with Crippen molar-refractivity contribution >= 4 is 17.7 Å². The van der Waals surface area contributed by atoms with Crippen LogP contribution in [0.3, 0.4) is 0 Å². The summed E-state index contributed by atoms with van der Waals surface area (Å²) in [6.07, 6.45) is 5.65. The van der Waals surface area contributed by atoms with Gasteiger partial charge in [0, 0.05) is 18.3 Å². The van der Waals surface area contributed by atoms with E-state index in [1.54, 1.807) is 0 Å². The van der Waals surface area contributed by atoms with Gasteiger partial charge in [-0.15, -0.1) is 0 Å². The molecule has 140 valence electrons. The molecule has 3 saturated carbocycles. The Balaban J connectivity index is 1.86. The van der Waals surface area contributed by atoms with Crippen LogP contribution in [0.5, 0.6) is 0 Å². The molecule has 0 aromatic heterocycles. The molecule has 0 saturated heterocycles. The molecule has 5 nitrogen and oxygen atoms in total. The monoisotopic (exact) mass is 350 g/mol. The number of ketones is 1. The SMILES string of the molecule is COC(=O)[C@@H]1CC[C@H]2[C@@H]3CCC(=O)[C@](C)(CCC(=O)O)[C@H]3CC[C@]12C. The van der Waals surface area contributed by atoms with Crippen LogP contribution in [0.4, 0.5) is 0 Å². The number of methoxy groups -OCH3 is 1. The van der Waals surface area contributed by atoms with Gasteiger partial charge in [-0.2, -0.15) is 0 Å². The summed E-state index contributed by atoms with van der Waals surface area (Å²) in [6.45, 7) is 4.22. The van der Waals surface area contributed by atoms with Gasteiger partial charge in [0.15, 0.2) is 0 Å². The quantitative estimate of drug-likeness (QED) is 0.786. The topological polar surface area (TPSA) is 80.7 Å². The van der Waals surface area contributed by atoms with Crippen molar-refractivity contribution in [1.29, 1.82) is 0 Å². The molecule has 0 aromatic carbocycles. The maximum Gasteiger partial charge on any atom is 0.309 e. The van der Waals surface area contributed by atoms with Crippen LogP contribution in [-0.2, 0) is 19.1 Å². The number of ether oxygens (including phenoxy) is 1. The van der Waals surface area contributed by atoms with Crippen LogP contribution in [0.25, 0.3) is 0 Å². The zero-order chi connectivity index (χ0) is 18.4. The molecule has 0 amide bonds. The van der Waals surface area contributed by atoms with E-state index in [4.69, 9.17) is 9.84 Å². The van der Waals surface area contributed by atoms with E-state index in [1.165, 1.54) is 7.11 Å². The van der Waals surface area contributed by atoms with E-state index >= 15 is 0 Å². The molecule has 0 bridgehead atoms. The van der Waals surface area contributed by atoms with Gasteiger partial charge in [-0.1, -0.05) is 13.8 Å². The fourth-order valence-corrected chi connectivity index (χ4v) is 6.49. The summed E-state index contributed by atoms with van der Waals surface area (Å²) in [5.74, 6) is 0.389. The van der Waals surface area contributed by atoms with Crippen LogP contribution < -0.4 is 0 Å². The van der Waals surface area contributed by atoms with E-state index in [9.17, 15) is 14.4 Å². The zero-order valence-corrected chi connectivity index (χ0v) is 15.5. The summed E-state index contributed by atoms with van der Waals surface area (Å²) in [4.78, 5) is 36.0. The van der Waals surface area contributed by atoms with Crippen LogP contribution in [0, 0.1) is 34.5 Å². The Morgan fingerprint density at radius 3 is 2.52 bits per heavy atom. The largest absolute Gasteiger partial charge is 0.481 e. The lowest BCUT2D eigenvalue weighted by Gasteiger charge is -2.55. The van der Waals surface area contributed by atoms with E-state index in [0.717, 1.165) is 32.1 Å². The molecule has 25 heavy (non-hydrogen) atoms. The molecule has 0 heterocycles. The van der Waals surface area contributed by atoms with Crippen LogP contribution in [0.1, 0.15) is 65.2 Å². The fourth-order valence-electron chi connectivity index (χ4n) is 6.49. The van der Waals surface area contributed by atoms with Gasteiger partial charge in [0.1, 0.15) is 5.78 Å². The number of fused-ring (bicyclic) bond motifs is 3. The smallest absolute Gasteiger partial charge is 0.309 e. The minimum Gasteiger partial charge on any atom is -0.481 e. The van der Waals surface area contributed by atoms with Crippen molar-refractivity contribution in [3.8, 4) is 0 Å². The lowest BCUT2D eigenvalue weighted by molar-refractivity contribution is -0.158. The van der Waals surface area contributed by atoms with E-state index in [0.29, 0.717) is 24.7 Å².